The van der Waals surface area contributed by atoms with Crippen molar-refractivity contribution >= 4 is 22.8 Å². The lowest BCUT2D eigenvalue weighted by atomic mass is 9.82. The van der Waals surface area contributed by atoms with Gasteiger partial charge in [-0.1, -0.05) is 23.3 Å². The molecule has 5 rings (SSSR count). The van der Waals surface area contributed by atoms with Gasteiger partial charge in [-0.2, -0.15) is 0 Å². The number of amides is 1. The van der Waals surface area contributed by atoms with E-state index in [9.17, 15) is 9.59 Å². The second-order valence-corrected chi connectivity index (χ2v) is 12.1. The number of aromatic amines is 1. The number of pyridine rings is 1. The number of likely N-dealkylation sites (N-methyl/N-ethyl adjacent to an activating group) is 1. The zero-order valence-electron chi connectivity index (χ0n) is 26.3. The van der Waals surface area contributed by atoms with Crippen LogP contribution in [0.15, 0.2) is 66.6 Å². The number of aryl methyl sites for hydroxylation is 2. The molecule has 1 fully saturated rings. The van der Waals surface area contributed by atoms with E-state index in [0.717, 1.165) is 52.7 Å². The SMILES string of the molecule is CCN(CC)C(=O)C(C)(C)c1ccc2[nH]c(-c3cc(C)cc(C)c3)c(CCNN3CCC(c4ccncc4)C3=C=O)c2c1. The Bertz CT molecular complexity index is 1640. The standard InChI is InChI=1S/C36H43N5O2/c1-7-40(8-2)35(43)36(5,6)28-9-10-32-31(22-28)30(34(39-32)27-20-24(3)19-25(4)21-27)13-17-38-41-18-14-29(33(41)23-42)26-11-15-37-16-12-26/h9-12,15-16,19-22,29,38-39H,7-8,13-14,17-18H2,1-6H3. The van der Waals surface area contributed by atoms with Crippen molar-refractivity contribution in [3.05, 3.63) is 94.4 Å². The van der Waals surface area contributed by atoms with Crippen molar-refractivity contribution < 1.29 is 9.59 Å². The molecule has 7 nitrogen and oxygen atoms in total. The van der Waals surface area contributed by atoms with Crippen molar-refractivity contribution in [3.8, 4) is 11.3 Å². The molecule has 43 heavy (non-hydrogen) atoms. The number of H-pyrrole nitrogens is 1. The molecular weight excluding hydrogens is 534 g/mol. The molecule has 1 atom stereocenters. The van der Waals surface area contributed by atoms with Crippen LogP contribution < -0.4 is 5.43 Å². The van der Waals surface area contributed by atoms with Gasteiger partial charge in [0, 0.05) is 61.1 Å². The third kappa shape index (κ3) is 6.01. The predicted molar refractivity (Wildman–Crippen MR) is 173 cm³/mol. The molecule has 0 saturated carbocycles. The Hall–Kier alpha value is -4.19. The van der Waals surface area contributed by atoms with E-state index < -0.39 is 5.41 Å². The molecule has 1 amide bonds. The van der Waals surface area contributed by atoms with E-state index in [0.29, 0.717) is 25.3 Å². The number of carbonyl (C=O) groups is 1. The summed E-state index contributed by atoms with van der Waals surface area (Å²) in [4.78, 5) is 35.3. The molecule has 4 aromatic rings. The molecule has 2 aromatic heterocycles. The average molecular weight is 578 g/mol. The van der Waals surface area contributed by atoms with Crippen LogP contribution in [0.1, 0.15) is 67.9 Å². The van der Waals surface area contributed by atoms with Gasteiger partial charge in [0.15, 0.2) is 0 Å². The van der Waals surface area contributed by atoms with Crippen molar-refractivity contribution in [1.82, 2.24) is 25.3 Å². The minimum Gasteiger partial charge on any atom is -0.354 e. The summed E-state index contributed by atoms with van der Waals surface area (Å²) in [6.07, 6.45) is 5.12. The summed E-state index contributed by atoms with van der Waals surface area (Å²) in [5.74, 6) is 2.36. The molecule has 0 spiro atoms. The van der Waals surface area contributed by atoms with Crippen LogP contribution in [0, 0.1) is 13.8 Å². The van der Waals surface area contributed by atoms with Crippen molar-refractivity contribution in [3.63, 3.8) is 0 Å². The highest BCUT2D eigenvalue weighted by Gasteiger charge is 2.34. The Kier molecular flexibility index (Phi) is 8.86. The minimum atomic E-state index is -0.658. The third-order valence-electron chi connectivity index (χ3n) is 8.88. The van der Waals surface area contributed by atoms with Gasteiger partial charge >= 0.3 is 0 Å². The highest BCUT2D eigenvalue weighted by Crippen LogP contribution is 2.36. The summed E-state index contributed by atoms with van der Waals surface area (Å²) in [5.41, 5.74) is 12.5. The van der Waals surface area contributed by atoms with Gasteiger partial charge in [-0.05, 0) is 113 Å². The van der Waals surface area contributed by atoms with Crippen LogP contribution in [-0.4, -0.2) is 57.9 Å². The first-order valence-corrected chi connectivity index (χ1v) is 15.4. The molecule has 0 radical (unpaired) electrons. The number of hydrazine groups is 1. The Morgan fingerprint density at radius 1 is 1.07 bits per heavy atom. The smallest absolute Gasteiger partial charge is 0.232 e. The largest absolute Gasteiger partial charge is 0.354 e. The average Bonchev–Trinajstić information content (AvgIpc) is 3.58. The number of hydrogen-bond acceptors (Lipinski definition) is 5. The zero-order chi connectivity index (χ0) is 30.7. The molecule has 1 aliphatic heterocycles. The summed E-state index contributed by atoms with van der Waals surface area (Å²) in [6.45, 7) is 15.1. The number of aromatic nitrogens is 2. The number of nitrogens with zero attached hydrogens (tertiary/aromatic N) is 3. The first-order chi connectivity index (χ1) is 20.7. The molecule has 0 bridgehead atoms. The Balaban J connectivity index is 1.48. The fourth-order valence-corrected chi connectivity index (χ4v) is 6.52. The molecular formula is C36H43N5O2. The first-order valence-electron chi connectivity index (χ1n) is 15.4. The first kappa shape index (κ1) is 30.3. The summed E-state index contributed by atoms with van der Waals surface area (Å²) >= 11 is 0. The van der Waals surface area contributed by atoms with Crippen LogP contribution in [0.2, 0.25) is 0 Å². The van der Waals surface area contributed by atoms with Gasteiger partial charge in [-0.15, -0.1) is 0 Å². The summed E-state index contributed by atoms with van der Waals surface area (Å²) in [7, 11) is 0. The monoisotopic (exact) mass is 577 g/mol. The maximum atomic E-state index is 13.5. The number of hydrogen-bond donors (Lipinski definition) is 2. The number of fused-ring (bicyclic) bond motifs is 1. The van der Waals surface area contributed by atoms with Crippen molar-refractivity contribution in [2.24, 2.45) is 0 Å². The van der Waals surface area contributed by atoms with E-state index in [2.05, 4.69) is 71.6 Å². The number of nitrogens with one attached hydrogen (secondary N) is 2. The number of carbonyl (C=O) groups excluding carboxylic acids is 2. The predicted octanol–water partition coefficient (Wildman–Crippen LogP) is 6.24. The number of allylic oxidation sites excluding steroid dienone is 1. The van der Waals surface area contributed by atoms with Crippen molar-refractivity contribution in [2.75, 3.05) is 26.2 Å². The van der Waals surface area contributed by atoms with Crippen molar-refractivity contribution in [1.29, 1.82) is 0 Å². The Morgan fingerprint density at radius 3 is 2.42 bits per heavy atom. The summed E-state index contributed by atoms with van der Waals surface area (Å²) in [5, 5.41) is 3.08. The van der Waals surface area contributed by atoms with E-state index in [1.807, 2.05) is 49.7 Å². The van der Waals surface area contributed by atoms with Gasteiger partial charge in [0.2, 0.25) is 5.91 Å². The summed E-state index contributed by atoms with van der Waals surface area (Å²) < 4.78 is 0. The van der Waals surface area contributed by atoms with Crippen LogP contribution >= 0.6 is 0 Å². The highest BCUT2D eigenvalue weighted by molar-refractivity contribution is 5.94. The second kappa shape index (κ2) is 12.6. The zero-order valence-corrected chi connectivity index (χ0v) is 26.3. The number of rotatable bonds is 10. The van der Waals surface area contributed by atoms with Gasteiger partial charge in [0.05, 0.1) is 5.41 Å². The van der Waals surface area contributed by atoms with Crippen LogP contribution in [0.5, 0.6) is 0 Å². The topological polar surface area (TPSA) is 81.3 Å². The normalized spacial score (nSPS) is 15.3. The lowest BCUT2D eigenvalue weighted by Gasteiger charge is -2.31. The van der Waals surface area contributed by atoms with Crippen LogP contribution in [-0.2, 0) is 21.4 Å². The fourth-order valence-electron chi connectivity index (χ4n) is 6.52. The van der Waals surface area contributed by atoms with E-state index in [4.69, 9.17) is 0 Å². The molecule has 224 valence electrons. The molecule has 0 aliphatic carbocycles. The lowest BCUT2D eigenvalue weighted by molar-refractivity contribution is -0.135. The molecule has 1 aliphatic rings. The van der Waals surface area contributed by atoms with Gasteiger partial charge in [-0.3, -0.25) is 9.78 Å². The van der Waals surface area contributed by atoms with Gasteiger partial charge in [0.1, 0.15) is 11.6 Å². The molecule has 3 heterocycles. The highest BCUT2D eigenvalue weighted by atomic mass is 16.2. The molecule has 1 saturated heterocycles. The second-order valence-electron chi connectivity index (χ2n) is 12.1. The Morgan fingerprint density at radius 2 is 1.77 bits per heavy atom. The maximum Gasteiger partial charge on any atom is 0.232 e. The van der Waals surface area contributed by atoms with Crippen LogP contribution in [0.4, 0.5) is 0 Å². The minimum absolute atomic E-state index is 0.0139. The van der Waals surface area contributed by atoms with E-state index >= 15 is 0 Å². The quantitative estimate of drug-likeness (QED) is 0.218. The fraction of sp³-hybridized carbons (Fsp3) is 0.389. The van der Waals surface area contributed by atoms with Gasteiger partial charge in [0.25, 0.3) is 0 Å². The third-order valence-corrected chi connectivity index (χ3v) is 8.88. The maximum absolute atomic E-state index is 13.5. The van der Waals surface area contributed by atoms with Gasteiger partial charge in [-0.25, -0.2) is 10.2 Å². The Labute approximate surface area is 255 Å². The lowest BCUT2D eigenvalue weighted by Crippen LogP contribution is -2.43. The van der Waals surface area contributed by atoms with Crippen molar-refractivity contribution in [2.45, 2.75) is 65.7 Å². The molecule has 7 heteroatoms. The van der Waals surface area contributed by atoms with E-state index in [-0.39, 0.29) is 11.8 Å². The van der Waals surface area contributed by atoms with E-state index in [1.165, 1.54) is 16.7 Å². The molecule has 1 unspecified atom stereocenters. The number of benzene rings is 2. The molecule has 2 aromatic carbocycles. The van der Waals surface area contributed by atoms with Crippen LogP contribution in [0.3, 0.4) is 0 Å². The molecule has 2 N–H and O–H groups in total. The van der Waals surface area contributed by atoms with Gasteiger partial charge < -0.3 is 14.9 Å². The van der Waals surface area contributed by atoms with E-state index in [1.54, 1.807) is 12.4 Å². The van der Waals surface area contributed by atoms with Crippen LogP contribution in [0.25, 0.3) is 22.2 Å². The summed E-state index contributed by atoms with van der Waals surface area (Å²) in [6, 6.07) is 17.0.